The molecule has 11 heteroatoms. The lowest BCUT2D eigenvalue weighted by molar-refractivity contribution is -0.122. The summed E-state index contributed by atoms with van der Waals surface area (Å²) >= 11 is 0. The minimum absolute atomic E-state index is 0.0530. The van der Waals surface area contributed by atoms with Crippen molar-refractivity contribution in [3.8, 4) is 51.4 Å². The minimum atomic E-state index is -1.92. The van der Waals surface area contributed by atoms with Crippen LogP contribution in [0.15, 0.2) is 39.5 Å². The maximum absolute atomic E-state index is 13.5. The molecular formula is C32H28O11. The van der Waals surface area contributed by atoms with Crippen LogP contribution in [-0.4, -0.2) is 55.3 Å². The Bertz CT molecular complexity index is 2070. The van der Waals surface area contributed by atoms with Gasteiger partial charge < -0.3 is 43.4 Å². The molecular weight excluding hydrogens is 560 g/mol. The van der Waals surface area contributed by atoms with E-state index in [0.717, 1.165) is 0 Å². The molecule has 0 aliphatic carbocycles. The van der Waals surface area contributed by atoms with E-state index in [0.29, 0.717) is 22.3 Å². The lowest BCUT2D eigenvalue weighted by Gasteiger charge is -2.33. The third-order valence-corrected chi connectivity index (χ3v) is 7.65. The molecule has 1 atom stereocenters. The van der Waals surface area contributed by atoms with Gasteiger partial charge in [-0.2, -0.15) is 0 Å². The van der Waals surface area contributed by atoms with Crippen molar-refractivity contribution in [3.63, 3.8) is 0 Å². The Kier molecular flexibility index (Phi) is 6.31. The molecule has 0 radical (unpaired) electrons. The number of aryl methyl sites for hydroxylation is 1. The second-order valence-corrected chi connectivity index (χ2v) is 10.5. The Morgan fingerprint density at radius 2 is 1.37 bits per heavy atom. The molecule has 0 amide bonds. The van der Waals surface area contributed by atoms with Gasteiger partial charge in [-0.1, -0.05) is 0 Å². The predicted molar refractivity (Wildman–Crippen MR) is 157 cm³/mol. The summed E-state index contributed by atoms with van der Waals surface area (Å²) in [6.45, 7) is 2.95. The number of phenolic OH excluding ortho intramolecular Hbond substituents is 2. The fourth-order valence-corrected chi connectivity index (χ4v) is 5.89. The fourth-order valence-electron chi connectivity index (χ4n) is 5.89. The van der Waals surface area contributed by atoms with Crippen molar-refractivity contribution < 1.29 is 48.2 Å². The molecule has 0 unspecified atom stereocenters. The third kappa shape index (κ3) is 4.07. The molecule has 6 rings (SSSR count). The highest BCUT2D eigenvalue weighted by Crippen LogP contribution is 2.57. The highest BCUT2D eigenvalue weighted by Gasteiger charge is 2.41. The predicted octanol–water partition coefficient (Wildman–Crippen LogP) is 5.19. The second kappa shape index (κ2) is 9.70. The summed E-state index contributed by atoms with van der Waals surface area (Å²) in [6, 6.07) is 7.52. The van der Waals surface area contributed by atoms with E-state index < -0.39 is 34.9 Å². The number of ether oxygens (including phenoxy) is 5. The zero-order valence-corrected chi connectivity index (χ0v) is 24.2. The Labute approximate surface area is 244 Å². The SMILES string of the molecule is COc1cc(OC)c2c(O)c3c(c(-c4c(OC)cc(OC)c5c(O)c6c(=O)cc(C)oc6cc45)c2c1)O[C@@](C)(O)CC3=O. The summed E-state index contributed by atoms with van der Waals surface area (Å²) in [5, 5.41) is 34.9. The van der Waals surface area contributed by atoms with Crippen LogP contribution in [0.3, 0.4) is 0 Å². The van der Waals surface area contributed by atoms with E-state index in [9.17, 15) is 24.9 Å². The number of Topliss-reactive ketones (excluding diaryl/α,β-unsaturated/α-hetero) is 1. The number of phenols is 2. The van der Waals surface area contributed by atoms with Crippen LogP contribution in [0, 0.1) is 6.92 Å². The zero-order valence-electron chi connectivity index (χ0n) is 24.2. The lowest BCUT2D eigenvalue weighted by Crippen LogP contribution is -2.39. The number of fused-ring (bicyclic) bond motifs is 4. The molecule has 11 nitrogen and oxygen atoms in total. The summed E-state index contributed by atoms with van der Waals surface area (Å²) in [4.78, 5) is 26.5. The van der Waals surface area contributed by atoms with E-state index in [1.165, 1.54) is 47.5 Å². The Morgan fingerprint density at radius 3 is 2.02 bits per heavy atom. The van der Waals surface area contributed by atoms with Gasteiger partial charge in [-0.05, 0) is 19.1 Å². The molecule has 0 spiro atoms. The average Bonchev–Trinajstić information content (AvgIpc) is 2.94. The minimum Gasteiger partial charge on any atom is -0.506 e. The summed E-state index contributed by atoms with van der Waals surface area (Å²) in [7, 11) is 5.70. The average molecular weight is 589 g/mol. The lowest BCUT2D eigenvalue weighted by atomic mass is 9.85. The van der Waals surface area contributed by atoms with Crippen LogP contribution < -0.4 is 29.1 Å². The van der Waals surface area contributed by atoms with Gasteiger partial charge in [-0.25, -0.2) is 0 Å². The highest BCUT2D eigenvalue weighted by molar-refractivity contribution is 6.21. The zero-order chi connectivity index (χ0) is 31.0. The van der Waals surface area contributed by atoms with Crippen molar-refractivity contribution in [2.75, 3.05) is 28.4 Å². The number of rotatable bonds is 5. The van der Waals surface area contributed by atoms with Gasteiger partial charge in [0.1, 0.15) is 62.5 Å². The molecule has 0 fully saturated rings. The molecule has 4 aromatic carbocycles. The van der Waals surface area contributed by atoms with Gasteiger partial charge >= 0.3 is 0 Å². The molecule has 43 heavy (non-hydrogen) atoms. The smallest absolute Gasteiger partial charge is 0.212 e. The van der Waals surface area contributed by atoms with Gasteiger partial charge in [0.2, 0.25) is 5.79 Å². The molecule has 3 N–H and O–H groups in total. The number of carbonyl (C=O) groups is 1. The molecule has 2 heterocycles. The molecule has 1 aliphatic rings. The molecule has 0 bridgehead atoms. The van der Waals surface area contributed by atoms with E-state index in [1.54, 1.807) is 25.1 Å². The summed E-state index contributed by atoms with van der Waals surface area (Å²) < 4.78 is 34.5. The molecule has 5 aromatic rings. The summed E-state index contributed by atoms with van der Waals surface area (Å²) in [5.41, 5.74) is -0.0451. The number of benzene rings is 4. The van der Waals surface area contributed by atoms with Crippen molar-refractivity contribution in [2.45, 2.75) is 26.1 Å². The van der Waals surface area contributed by atoms with Gasteiger partial charge in [0, 0.05) is 47.0 Å². The number of aliphatic hydroxyl groups is 1. The van der Waals surface area contributed by atoms with Crippen molar-refractivity contribution in [3.05, 3.63) is 51.9 Å². The van der Waals surface area contributed by atoms with Gasteiger partial charge in [-0.3, -0.25) is 9.59 Å². The van der Waals surface area contributed by atoms with Crippen molar-refractivity contribution >= 4 is 38.3 Å². The molecule has 0 saturated heterocycles. The first-order valence-electron chi connectivity index (χ1n) is 13.2. The number of hydrogen-bond acceptors (Lipinski definition) is 11. The van der Waals surface area contributed by atoms with Crippen molar-refractivity contribution in [1.82, 2.24) is 0 Å². The Hall–Kier alpha value is -5.16. The van der Waals surface area contributed by atoms with E-state index in [1.807, 2.05) is 0 Å². The van der Waals surface area contributed by atoms with Crippen molar-refractivity contribution in [2.24, 2.45) is 0 Å². The first kappa shape index (κ1) is 28.0. The molecule has 0 saturated carbocycles. The largest absolute Gasteiger partial charge is 0.506 e. The maximum atomic E-state index is 13.5. The number of carbonyl (C=O) groups excluding carboxylic acids is 1. The number of ketones is 1. The molecule has 1 aromatic heterocycles. The van der Waals surface area contributed by atoms with Crippen LogP contribution in [0.25, 0.3) is 43.6 Å². The topological polar surface area (TPSA) is 154 Å². The summed E-state index contributed by atoms with van der Waals surface area (Å²) in [5.74, 6) is -2.14. The maximum Gasteiger partial charge on any atom is 0.212 e. The molecule has 222 valence electrons. The normalized spacial score (nSPS) is 16.3. The first-order chi connectivity index (χ1) is 20.4. The van der Waals surface area contributed by atoms with E-state index in [4.69, 9.17) is 28.1 Å². The second-order valence-electron chi connectivity index (χ2n) is 10.5. The third-order valence-electron chi connectivity index (χ3n) is 7.65. The van der Waals surface area contributed by atoms with Crippen LogP contribution >= 0.6 is 0 Å². The standard InChI is InChI=1S/C32H28O11/c1-13-7-17(33)27-22(42-13)10-16-23(20(40-5)11-21(41-6)25(16)29(27)35)26-15-8-14(38-3)9-19(39-4)24(15)30(36)28-18(34)12-32(2,37)43-31(26)28/h7-11,35-37H,12H2,1-6H3/t32-/m1/s1. The fraction of sp³-hybridized carbons (Fsp3) is 0.250. The van der Waals surface area contributed by atoms with Crippen molar-refractivity contribution in [1.29, 1.82) is 0 Å². The van der Waals surface area contributed by atoms with E-state index >= 15 is 0 Å². The van der Waals surface area contributed by atoms with Gasteiger partial charge in [0.25, 0.3) is 0 Å². The summed E-state index contributed by atoms with van der Waals surface area (Å²) in [6.07, 6.45) is -0.423. The van der Waals surface area contributed by atoms with Crippen LogP contribution in [0.1, 0.15) is 29.5 Å². The van der Waals surface area contributed by atoms with Crippen LogP contribution in [-0.2, 0) is 0 Å². The number of methoxy groups -OCH3 is 4. The quantitative estimate of drug-likeness (QED) is 0.232. The highest BCUT2D eigenvalue weighted by atomic mass is 16.6. The van der Waals surface area contributed by atoms with E-state index in [2.05, 4.69) is 0 Å². The number of aromatic hydroxyl groups is 2. The van der Waals surface area contributed by atoms with Crippen LogP contribution in [0.4, 0.5) is 0 Å². The first-order valence-corrected chi connectivity index (χ1v) is 13.2. The monoisotopic (exact) mass is 588 g/mol. The van der Waals surface area contributed by atoms with Crippen LogP contribution in [0.5, 0.6) is 40.2 Å². The van der Waals surface area contributed by atoms with Gasteiger partial charge in [-0.15, -0.1) is 0 Å². The number of hydrogen-bond donors (Lipinski definition) is 3. The van der Waals surface area contributed by atoms with Gasteiger partial charge in [0.05, 0.1) is 45.6 Å². The Balaban J connectivity index is 1.95. The Morgan fingerprint density at radius 1 is 0.744 bits per heavy atom. The van der Waals surface area contributed by atoms with Gasteiger partial charge in [0.15, 0.2) is 11.2 Å². The van der Waals surface area contributed by atoms with Crippen LogP contribution in [0.2, 0.25) is 0 Å². The molecule has 1 aliphatic heterocycles. The van der Waals surface area contributed by atoms with E-state index in [-0.39, 0.29) is 61.4 Å².